The van der Waals surface area contributed by atoms with Gasteiger partial charge in [0.2, 0.25) is 11.2 Å². The summed E-state index contributed by atoms with van der Waals surface area (Å²) in [5, 5.41) is 6.91. The molecule has 8 nitrogen and oxygen atoms in total. The van der Waals surface area contributed by atoms with Gasteiger partial charge >= 0.3 is 0 Å². The van der Waals surface area contributed by atoms with Gasteiger partial charge in [0.05, 0.1) is 0 Å². The number of rotatable bonds is 3. The molecule has 2 heterocycles. The van der Waals surface area contributed by atoms with E-state index in [2.05, 4.69) is 25.4 Å². The Kier molecular flexibility index (Phi) is 3.61. The zero-order valence-corrected chi connectivity index (χ0v) is 11.4. The zero-order chi connectivity index (χ0) is 14.0. The quantitative estimate of drug-likeness (QED) is 0.879. The van der Waals surface area contributed by atoms with Crippen LogP contribution in [0.25, 0.3) is 5.95 Å². The van der Waals surface area contributed by atoms with Gasteiger partial charge in [-0.1, -0.05) is 0 Å². The fourth-order valence-corrected chi connectivity index (χ4v) is 1.49. The van der Waals surface area contributed by atoms with Crippen LogP contribution < -0.4 is 5.32 Å². The molecule has 0 spiro atoms. The highest BCUT2D eigenvalue weighted by atomic mass is 35.5. The van der Waals surface area contributed by atoms with Gasteiger partial charge in [0.25, 0.3) is 11.9 Å². The highest BCUT2D eigenvalue weighted by Gasteiger charge is 2.13. The highest BCUT2D eigenvalue weighted by molar-refractivity contribution is 6.28. The number of aromatic nitrogens is 5. The third-order valence-electron chi connectivity index (χ3n) is 2.24. The topological polar surface area (TPSA) is 88.8 Å². The van der Waals surface area contributed by atoms with E-state index >= 15 is 0 Å². The first-order valence-electron chi connectivity index (χ1n) is 5.38. The van der Waals surface area contributed by atoms with E-state index in [-0.39, 0.29) is 17.1 Å². The van der Waals surface area contributed by atoms with Crippen LogP contribution in [0.2, 0.25) is 5.28 Å². The molecule has 0 radical (unpaired) electrons. The molecule has 2 aromatic rings. The molecule has 100 valence electrons. The molecular weight excluding hydrogens is 270 g/mol. The summed E-state index contributed by atoms with van der Waals surface area (Å²) >= 11 is 5.78. The Labute approximate surface area is 114 Å². The zero-order valence-electron chi connectivity index (χ0n) is 10.6. The van der Waals surface area contributed by atoms with Crippen molar-refractivity contribution in [3.8, 4) is 5.95 Å². The molecule has 1 amide bonds. The standard InChI is InChI=1S/C10H12ClN7O/c1-12-9-13-8(11)14-10(15-9)18-5-4-6(16-18)7(19)17(2)3/h4-5H,1-3H3,(H,12,13,14,15). The van der Waals surface area contributed by atoms with E-state index in [1.165, 1.54) is 9.58 Å². The predicted octanol–water partition coefficient (Wildman–Crippen LogP) is 0.454. The third kappa shape index (κ3) is 2.79. The molecule has 19 heavy (non-hydrogen) atoms. The van der Waals surface area contributed by atoms with Gasteiger partial charge in [0, 0.05) is 27.3 Å². The molecule has 2 aromatic heterocycles. The van der Waals surface area contributed by atoms with Crippen LogP contribution in [0.5, 0.6) is 0 Å². The normalized spacial score (nSPS) is 10.3. The molecule has 0 bridgehead atoms. The molecule has 0 atom stereocenters. The molecule has 0 aliphatic rings. The summed E-state index contributed by atoms with van der Waals surface area (Å²) in [7, 11) is 4.97. The molecule has 9 heteroatoms. The van der Waals surface area contributed by atoms with Crippen molar-refractivity contribution in [3.05, 3.63) is 23.2 Å². The van der Waals surface area contributed by atoms with Crippen molar-refractivity contribution in [2.75, 3.05) is 26.5 Å². The number of nitrogens with zero attached hydrogens (tertiary/aromatic N) is 6. The molecule has 0 saturated heterocycles. The largest absolute Gasteiger partial charge is 0.357 e. The van der Waals surface area contributed by atoms with Crippen LogP contribution in [0.15, 0.2) is 12.3 Å². The maximum atomic E-state index is 11.7. The van der Waals surface area contributed by atoms with Crippen LogP contribution in [-0.2, 0) is 0 Å². The van der Waals surface area contributed by atoms with Crippen molar-refractivity contribution in [1.82, 2.24) is 29.6 Å². The summed E-state index contributed by atoms with van der Waals surface area (Å²) in [5.74, 6) is 0.362. The van der Waals surface area contributed by atoms with Crippen molar-refractivity contribution >= 4 is 23.5 Å². The SMILES string of the molecule is CNc1nc(Cl)nc(-n2ccc(C(=O)N(C)C)n2)n1. The average Bonchev–Trinajstić information content (AvgIpc) is 2.86. The maximum Gasteiger partial charge on any atom is 0.273 e. The summed E-state index contributed by atoms with van der Waals surface area (Å²) < 4.78 is 1.37. The van der Waals surface area contributed by atoms with Gasteiger partial charge in [-0.05, 0) is 17.7 Å². The second-order valence-electron chi connectivity index (χ2n) is 3.82. The lowest BCUT2D eigenvalue weighted by molar-refractivity contribution is 0.0821. The Hall–Kier alpha value is -2.22. The van der Waals surface area contributed by atoms with E-state index in [1.54, 1.807) is 33.4 Å². The van der Waals surface area contributed by atoms with E-state index in [4.69, 9.17) is 11.6 Å². The van der Waals surface area contributed by atoms with E-state index < -0.39 is 0 Å². The molecule has 0 aliphatic heterocycles. The Balaban J connectivity index is 2.37. The van der Waals surface area contributed by atoms with Gasteiger partial charge in [-0.3, -0.25) is 4.79 Å². The Bertz CT molecular complexity index is 610. The van der Waals surface area contributed by atoms with Crippen LogP contribution in [0.1, 0.15) is 10.5 Å². The first-order valence-corrected chi connectivity index (χ1v) is 5.76. The number of nitrogens with one attached hydrogen (secondary N) is 1. The lowest BCUT2D eigenvalue weighted by atomic mass is 10.4. The van der Waals surface area contributed by atoms with E-state index in [0.717, 1.165) is 0 Å². The van der Waals surface area contributed by atoms with E-state index in [9.17, 15) is 4.79 Å². The van der Waals surface area contributed by atoms with Crippen molar-refractivity contribution in [2.45, 2.75) is 0 Å². The first kappa shape index (κ1) is 13.2. The Morgan fingerprint density at radius 1 is 1.37 bits per heavy atom. The minimum Gasteiger partial charge on any atom is -0.357 e. The molecule has 0 aromatic carbocycles. The summed E-state index contributed by atoms with van der Waals surface area (Å²) in [4.78, 5) is 25.1. The van der Waals surface area contributed by atoms with Crippen molar-refractivity contribution in [2.24, 2.45) is 0 Å². The molecular formula is C10H12ClN7O. The molecule has 0 fully saturated rings. The lowest BCUT2D eigenvalue weighted by Gasteiger charge is -2.07. The fourth-order valence-electron chi connectivity index (χ4n) is 1.33. The summed E-state index contributed by atoms with van der Waals surface area (Å²) in [6.07, 6.45) is 1.59. The predicted molar refractivity (Wildman–Crippen MR) is 69.5 cm³/mol. The van der Waals surface area contributed by atoms with Crippen LogP contribution in [0.3, 0.4) is 0 Å². The highest BCUT2D eigenvalue weighted by Crippen LogP contribution is 2.09. The molecule has 2 rings (SSSR count). The van der Waals surface area contributed by atoms with Crippen LogP contribution in [0, 0.1) is 0 Å². The molecule has 0 aliphatic carbocycles. The monoisotopic (exact) mass is 281 g/mol. The molecule has 0 unspecified atom stereocenters. The number of anilines is 1. The van der Waals surface area contributed by atoms with Crippen molar-refractivity contribution in [3.63, 3.8) is 0 Å². The van der Waals surface area contributed by atoms with Gasteiger partial charge < -0.3 is 10.2 Å². The number of halogens is 1. The minimum atomic E-state index is -0.201. The van der Waals surface area contributed by atoms with E-state index in [0.29, 0.717) is 11.6 Å². The van der Waals surface area contributed by atoms with Crippen LogP contribution in [-0.4, -0.2) is 56.7 Å². The summed E-state index contributed by atoms with van der Waals surface area (Å²) in [6, 6.07) is 1.58. The van der Waals surface area contributed by atoms with Crippen LogP contribution in [0.4, 0.5) is 5.95 Å². The lowest BCUT2D eigenvalue weighted by Crippen LogP contribution is -2.22. The smallest absolute Gasteiger partial charge is 0.273 e. The summed E-state index contributed by atoms with van der Waals surface area (Å²) in [6.45, 7) is 0. The van der Waals surface area contributed by atoms with Crippen molar-refractivity contribution in [1.29, 1.82) is 0 Å². The van der Waals surface area contributed by atoms with Crippen LogP contribution >= 0.6 is 11.6 Å². The second kappa shape index (κ2) is 5.19. The second-order valence-corrected chi connectivity index (χ2v) is 4.16. The summed E-state index contributed by atoms with van der Waals surface area (Å²) in [5.41, 5.74) is 0.299. The Morgan fingerprint density at radius 2 is 2.11 bits per heavy atom. The van der Waals surface area contributed by atoms with Gasteiger partial charge in [-0.25, -0.2) is 4.68 Å². The molecule has 1 N–H and O–H groups in total. The number of amides is 1. The maximum absolute atomic E-state index is 11.7. The minimum absolute atomic E-state index is 0.0466. The third-order valence-corrected chi connectivity index (χ3v) is 2.41. The number of hydrogen-bond donors (Lipinski definition) is 1. The van der Waals surface area contributed by atoms with Gasteiger partial charge in [-0.15, -0.1) is 0 Å². The fraction of sp³-hybridized carbons (Fsp3) is 0.300. The van der Waals surface area contributed by atoms with Gasteiger partial charge in [0.15, 0.2) is 5.69 Å². The first-order chi connectivity index (χ1) is 9.01. The van der Waals surface area contributed by atoms with E-state index in [1.807, 2.05) is 0 Å². The van der Waals surface area contributed by atoms with Gasteiger partial charge in [-0.2, -0.15) is 20.1 Å². The van der Waals surface area contributed by atoms with Gasteiger partial charge in [0.1, 0.15) is 0 Å². The number of carbonyl (C=O) groups excluding carboxylic acids is 1. The molecule has 0 saturated carbocycles. The van der Waals surface area contributed by atoms with Crippen molar-refractivity contribution < 1.29 is 4.79 Å². The number of carbonyl (C=O) groups is 1. The average molecular weight is 282 g/mol. The number of hydrogen-bond acceptors (Lipinski definition) is 6. The Morgan fingerprint density at radius 3 is 2.74 bits per heavy atom.